The van der Waals surface area contributed by atoms with E-state index in [1.165, 1.54) is 0 Å². The smallest absolute Gasteiger partial charge is 0.176 e. The summed E-state index contributed by atoms with van der Waals surface area (Å²) in [5.41, 5.74) is 5.48. The molecule has 0 aromatic carbocycles. The molecule has 0 saturated heterocycles. The fraction of sp³-hybridized carbons (Fsp3) is 1.00. The van der Waals surface area contributed by atoms with Crippen molar-refractivity contribution in [2.75, 3.05) is 41.5 Å². The van der Waals surface area contributed by atoms with Crippen LogP contribution in [0.3, 0.4) is 0 Å². The van der Waals surface area contributed by atoms with Crippen molar-refractivity contribution in [1.29, 1.82) is 0 Å². The molecule has 16 heavy (non-hydrogen) atoms. The topological polar surface area (TPSA) is 57.0 Å². The average molecular weight is 234 g/mol. The van der Waals surface area contributed by atoms with Gasteiger partial charge in [0.05, 0.1) is 12.1 Å². The first-order valence-corrected chi connectivity index (χ1v) is 5.45. The summed E-state index contributed by atoms with van der Waals surface area (Å²) in [5, 5.41) is 0. The first-order chi connectivity index (χ1) is 7.47. The van der Waals surface area contributed by atoms with Crippen LogP contribution in [0.15, 0.2) is 0 Å². The number of rotatable bonds is 8. The molecule has 0 heterocycles. The summed E-state index contributed by atoms with van der Waals surface area (Å²) in [6, 6.07) is 0.242. The van der Waals surface area contributed by atoms with E-state index in [9.17, 15) is 0 Å². The highest BCUT2D eigenvalue weighted by atomic mass is 16.7. The van der Waals surface area contributed by atoms with Crippen molar-refractivity contribution in [2.24, 2.45) is 5.73 Å². The van der Waals surface area contributed by atoms with Crippen molar-refractivity contribution in [3.63, 3.8) is 0 Å². The molecule has 2 unspecified atom stereocenters. The van der Waals surface area contributed by atoms with Crippen molar-refractivity contribution < 1.29 is 14.2 Å². The first-order valence-electron chi connectivity index (χ1n) is 5.45. The predicted octanol–water partition coefficient (Wildman–Crippen LogP) is 0.289. The summed E-state index contributed by atoms with van der Waals surface area (Å²) in [6.07, 6.45) is -0.359. The molecule has 2 atom stereocenters. The molecule has 98 valence electrons. The van der Waals surface area contributed by atoms with Gasteiger partial charge in [-0.1, -0.05) is 0 Å². The van der Waals surface area contributed by atoms with E-state index in [1.54, 1.807) is 21.3 Å². The average Bonchev–Trinajstić information content (AvgIpc) is 2.29. The van der Waals surface area contributed by atoms with E-state index >= 15 is 0 Å². The van der Waals surface area contributed by atoms with Gasteiger partial charge in [0, 0.05) is 33.9 Å². The van der Waals surface area contributed by atoms with Gasteiger partial charge in [0.1, 0.15) is 0 Å². The Morgan fingerprint density at radius 2 is 1.75 bits per heavy atom. The van der Waals surface area contributed by atoms with Gasteiger partial charge in [-0.3, -0.25) is 4.90 Å². The van der Waals surface area contributed by atoms with E-state index in [0.717, 1.165) is 0 Å². The predicted molar refractivity (Wildman–Crippen MR) is 64.4 cm³/mol. The van der Waals surface area contributed by atoms with E-state index in [2.05, 4.69) is 11.8 Å². The van der Waals surface area contributed by atoms with E-state index in [-0.39, 0.29) is 17.9 Å². The SMILES string of the molecule is COCC(C)N(C)C(C)(CN)C(OC)OC. The second-order valence-electron chi connectivity index (χ2n) is 4.28. The molecule has 0 bridgehead atoms. The Balaban J connectivity index is 4.78. The Kier molecular flexibility index (Phi) is 7.10. The van der Waals surface area contributed by atoms with Crippen molar-refractivity contribution in [3.05, 3.63) is 0 Å². The summed E-state index contributed by atoms with van der Waals surface area (Å²) in [6.45, 7) is 5.20. The van der Waals surface area contributed by atoms with Crippen LogP contribution < -0.4 is 5.73 Å². The molecule has 0 saturated carbocycles. The van der Waals surface area contributed by atoms with E-state index in [0.29, 0.717) is 13.2 Å². The lowest BCUT2D eigenvalue weighted by atomic mass is 9.97. The highest BCUT2D eigenvalue weighted by Crippen LogP contribution is 2.22. The third kappa shape index (κ3) is 3.40. The standard InChI is InChI=1S/C11H26N2O3/c1-9(7-14-4)13(3)11(2,8-12)10(15-5)16-6/h9-10H,7-8,12H2,1-6H3. The molecule has 0 aliphatic carbocycles. The third-order valence-corrected chi connectivity index (χ3v) is 3.22. The number of methoxy groups -OCH3 is 3. The van der Waals surface area contributed by atoms with Gasteiger partial charge in [-0.25, -0.2) is 0 Å². The van der Waals surface area contributed by atoms with Gasteiger partial charge in [0.2, 0.25) is 0 Å². The normalized spacial score (nSPS) is 17.8. The van der Waals surface area contributed by atoms with E-state index in [1.807, 2.05) is 14.0 Å². The Morgan fingerprint density at radius 1 is 1.25 bits per heavy atom. The van der Waals surface area contributed by atoms with Crippen LogP contribution in [0.5, 0.6) is 0 Å². The molecule has 0 rings (SSSR count). The highest BCUT2D eigenvalue weighted by Gasteiger charge is 2.39. The minimum absolute atomic E-state index is 0.242. The second-order valence-corrected chi connectivity index (χ2v) is 4.28. The lowest BCUT2D eigenvalue weighted by molar-refractivity contribution is -0.184. The minimum atomic E-state index is -0.374. The summed E-state index contributed by atoms with van der Waals surface area (Å²) in [7, 11) is 6.93. The van der Waals surface area contributed by atoms with E-state index < -0.39 is 0 Å². The molecule has 2 N–H and O–H groups in total. The zero-order chi connectivity index (χ0) is 12.8. The molecule has 0 amide bonds. The van der Waals surface area contributed by atoms with Gasteiger partial charge in [-0.2, -0.15) is 0 Å². The summed E-state index contributed by atoms with van der Waals surface area (Å²) >= 11 is 0. The molecule has 5 nitrogen and oxygen atoms in total. The molecule has 0 fully saturated rings. The van der Waals surface area contributed by atoms with E-state index in [4.69, 9.17) is 19.9 Å². The van der Waals surface area contributed by atoms with Crippen molar-refractivity contribution in [3.8, 4) is 0 Å². The first kappa shape index (κ1) is 15.8. The summed E-state index contributed by atoms with van der Waals surface area (Å²) in [4.78, 5) is 2.13. The van der Waals surface area contributed by atoms with Gasteiger partial charge in [-0.15, -0.1) is 0 Å². The van der Waals surface area contributed by atoms with Crippen molar-refractivity contribution in [2.45, 2.75) is 31.7 Å². The van der Waals surface area contributed by atoms with Crippen molar-refractivity contribution >= 4 is 0 Å². The Labute approximate surface area is 98.8 Å². The maximum absolute atomic E-state index is 5.85. The van der Waals surface area contributed by atoms with Crippen LogP contribution in [-0.2, 0) is 14.2 Å². The fourth-order valence-corrected chi connectivity index (χ4v) is 1.87. The Bertz CT molecular complexity index is 188. The van der Waals surface area contributed by atoms with Gasteiger partial charge < -0.3 is 19.9 Å². The summed E-state index contributed by atoms with van der Waals surface area (Å²) < 4.78 is 15.8. The minimum Gasteiger partial charge on any atom is -0.383 e. The number of nitrogens with two attached hydrogens (primary N) is 1. The maximum Gasteiger partial charge on any atom is 0.176 e. The highest BCUT2D eigenvalue weighted by molar-refractivity contribution is 4.91. The molecule has 0 spiro atoms. The molecule has 0 aromatic rings. The van der Waals surface area contributed by atoms with Crippen LogP contribution in [0.1, 0.15) is 13.8 Å². The molecule has 0 aliphatic rings. The third-order valence-electron chi connectivity index (χ3n) is 3.22. The van der Waals surface area contributed by atoms with Crippen LogP contribution in [0, 0.1) is 0 Å². The lowest BCUT2D eigenvalue weighted by Gasteiger charge is -2.44. The zero-order valence-corrected chi connectivity index (χ0v) is 11.3. The lowest BCUT2D eigenvalue weighted by Crippen LogP contribution is -2.62. The summed E-state index contributed by atoms with van der Waals surface area (Å²) in [5.74, 6) is 0. The van der Waals surface area contributed by atoms with Crippen LogP contribution >= 0.6 is 0 Å². The largest absolute Gasteiger partial charge is 0.383 e. The second kappa shape index (κ2) is 7.19. The molecule has 0 aliphatic heterocycles. The van der Waals surface area contributed by atoms with Crippen molar-refractivity contribution in [1.82, 2.24) is 4.90 Å². The maximum atomic E-state index is 5.85. The number of nitrogens with zero attached hydrogens (tertiary/aromatic N) is 1. The molecule has 0 aromatic heterocycles. The van der Waals surface area contributed by atoms with Gasteiger partial charge in [0.25, 0.3) is 0 Å². The quantitative estimate of drug-likeness (QED) is 0.612. The fourth-order valence-electron chi connectivity index (χ4n) is 1.87. The van der Waals surface area contributed by atoms with Crippen LogP contribution in [0.25, 0.3) is 0 Å². The number of hydrogen-bond acceptors (Lipinski definition) is 5. The van der Waals surface area contributed by atoms with Gasteiger partial charge >= 0.3 is 0 Å². The van der Waals surface area contributed by atoms with Gasteiger partial charge in [-0.05, 0) is 20.9 Å². The molecular weight excluding hydrogens is 208 g/mol. The zero-order valence-electron chi connectivity index (χ0n) is 11.3. The monoisotopic (exact) mass is 234 g/mol. The number of ether oxygens (including phenoxy) is 3. The molecular formula is C11H26N2O3. The van der Waals surface area contributed by atoms with Gasteiger partial charge in [0.15, 0.2) is 6.29 Å². The Hall–Kier alpha value is -0.200. The number of hydrogen-bond donors (Lipinski definition) is 1. The molecule has 0 radical (unpaired) electrons. The van der Waals surface area contributed by atoms with Crippen LogP contribution in [0.4, 0.5) is 0 Å². The Morgan fingerprint density at radius 3 is 2.06 bits per heavy atom. The van der Waals surface area contributed by atoms with Crippen LogP contribution in [-0.4, -0.2) is 64.3 Å². The molecule has 5 heteroatoms. The number of likely N-dealkylation sites (N-methyl/N-ethyl adjacent to an activating group) is 1. The van der Waals surface area contributed by atoms with Crippen LogP contribution in [0.2, 0.25) is 0 Å².